The van der Waals surface area contributed by atoms with Crippen LogP contribution < -0.4 is 10.6 Å². The first-order valence-electron chi connectivity index (χ1n) is 10.7. The van der Waals surface area contributed by atoms with Crippen molar-refractivity contribution in [2.75, 3.05) is 33.2 Å². The highest BCUT2D eigenvalue weighted by molar-refractivity contribution is 5.80. The largest absolute Gasteiger partial charge is 0.361 e. The van der Waals surface area contributed by atoms with Gasteiger partial charge in [0.1, 0.15) is 5.76 Å². The van der Waals surface area contributed by atoms with Gasteiger partial charge in [-0.15, -0.1) is 0 Å². The highest BCUT2D eigenvalue weighted by atomic mass is 16.5. The van der Waals surface area contributed by atoms with Crippen molar-refractivity contribution in [3.05, 3.63) is 52.9 Å². The van der Waals surface area contributed by atoms with Crippen LogP contribution in [-0.4, -0.2) is 55.2 Å². The molecule has 2 N–H and O–H groups in total. The number of aliphatic imine (C=N–C) groups is 1. The van der Waals surface area contributed by atoms with Crippen LogP contribution in [-0.2, 0) is 17.6 Å². The molecule has 1 saturated heterocycles. The molecule has 2 heterocycles. The monoisotopic (exact) mass is 411 g/mol. The van der Waals surface area contributed by atoms with E-state index in [9.17, 15) is 4.79 Å². The highest BCUT2D eigenvalue weighted by Gasteiger charge is 2.29. The van der Waals surface area contributed by atoms with Gasteiger partial charge in [-0.05, 0) is 38.7 Å². The van der Waals surface area contributed by atoms with Gasteiger partial charge in [0.25, 0.3) is 0 Å². The first kappa shape index (κ1) is 21.9. The topological polar surface area (TPSA) is 82.8 Å². The maximum atomic E-state index is 12.3. The van der Waals surface area contributed by atoms with Crippen LogP contribution in [0.2, 0.25) is 0 Å². The molecule has 0 saturated carbocycles. The van der Waals surface area contributed by atoms with E-state index in [0.29, 0.717) is 12.3 Å². The van der Waals surface area contributed by atoms with Gasteiger partial charge in [0.15, 0.2) is 5.96 Å². The molecule has 1 aromatic carbocycles. The zero-order chi connectivity index (χ0) is 21.3. The van der Waals surface area contributed by atoms with Crippen LogP contribution in [0.15, 0.2) is 39.8 Å². The SMILES string of the molecule is CN=C(NCCCc1c(C)noc1C)NCC1CC(=O)N(CCc2ccccc2)C1. The molecule has 0 radical (unpaired) electrons. The summed E-state index contributed by atoms with van der Waals surface area (Å²) in [5.74, 6) is 2.25. The second-order valence-electron chi connectivity index (χ2n) is 7.93. The summed E-state index contributed by atoms with van der Waals surface area (Å²) in [4.78, 5) is 18.6. The molecule has 162 valence electrons. The van der Waals surface area contributed by atoms with E-state index < -0.39 is 0 Å². The molecule has 1 aliphatic rings. The molecular formula is C23H33N5O2. The third-order valence-electron chi connectivity index (χ3n) is 5.67. The molecule has 7 nitrogen and oxygen atoms in total. The zero-order valence-electron chi connectivity index (χ0n) is 18.3. The molecule has 1 aliphatic heterocycles. The molecule has 30 heavy (non-hydrogen) atoms. The lowest BCUT2D eigenvalue weighted by Gasteiger charge is -2.18. The fraction of sp³-hybridized carbons (Fsp3) is 0.522. The molecule has 0 aliphatic carbocycles. The Morgan fingerprint density at radius 1 is 1.23 bits per heavy atom. The fourth-order valence-electron chi connectivity index (χ4n) is 3.91. The summed E-state index contributed by atoms with van der Waals surface area (Å²) in [6, 6.07) is 10.3. The van der Waals surface area contributed by atoms with Crippen LogP contribution in [0.1, 0.15) is 35.4 Å². The fourth-order valence-corrected chi connectivity index (χ4v) is 3.91. The average molecular weight is 412 g/mol. The van der Waals surface area contributed by atoms with Crippen LogP contribution in [0, 0.1) is 19.8 Å². The number of aryl methyl sites for hydroxylation is 2. The number of hydrogen-bond donors (Lipinski definition) is 2. The van der Waals surface area contributed by atoms with E-state index in [1.165, 1.54) is 11.1 Å². The summed E-state index contributed by atoms with van der Waals surface area (Å²) in [5, 5.41) is 10.7. The number of amides is 1. The quantitative estimate of drug-likeness (QED) is 0.376. The first-order valence-corrected chi connectivity index (χ1v) is 10.7. The molecule has 2 aromatic rings. The van der Waals surface area contributed by atoms with Crippen LogP contribution >= 0.6 is 0 Å². The van der Waals surface area contributed by atoms with E-state index in [2.05, 4.69) is 32.9 Å². The maximum absolute atomic E-state index is 12.3. The Bertz CT molecular complexity index is 827. The number of nitrogens with one attached hydrogen (secondary N) is 2. The van der Waals surface area contributed by atoms with Gasteiger partial charge in [-0.3, -0.25) is 9.79 Å². The highest BCUT2D eigenvalue weighted by Crippen LogP contribution is 2.18. The van der Waals surface area contributed by atoms with Crippen molar-refractivity contribution in [3.63, 3.8) is 0 Å². The second kappa shape index (κ2) is 10.8. The van der Waals surface area contributed by atoms with Crippen LogP contribution in [0.4, 0.5) is 0 Å². The number of aromatic nitrogens is 1. The number of rotatable bonds is 9. The summed E-state index contributed by atoms with van der Waals surface area (Å²) in [7, 11) is 1.77. The molecule has 1 unspecified atom stereocenters. The van der Waals surface area contributed by atoms with Crippen LogP contribution in [0.25, 0.3) is 0 Å². The summed E-state index contributed by atoms with van der Waals surface area (Å²) in [5.41, 5.74) is 3.44. The molecule has 1 amide bonds. The summed E-state index contributed by atoms with van der Waals surface area (Å²) in [6.45, 7) is 7.09. The smallest absolute Gasteiger partial charge is 0.223 e. The van der Waals surface area contributed by atoms with Gasteiger partial charge < -0.3 is 20.1 Å². The third-order valence-corrected chi connectivity index (χ3v) is 5.67. The summed E-state index contributed by atoms with van der Waals surface area (Å²) >= 11 is 0. The van der Waals surface area contributed by atoms with Crippen molar-refractivity contribution in [3.8, 4) is 0 Å². The Balaban J connectivity index is 1.35. The van der Waals surface area contributed by atoms with E-state index in [1.807, 2.05) is 36.9 Å². The number of guanidine groups is 1. The van der Waals surface area contributed by atoms with Gasteiger partial charge in [-0.25, -0.2) is 0 Å². The molecule has 0 bridgehead atoms. The van der Waals surface area contributed by atoms with Crippen molar-refractivity contribution in [2.24, 2.45) is 10.9 Å². The minimum Gasteiger partial charge on any atom is -0.361 e. The maximum Gasteiger partial charge on any atom is 0.223 e. The van der Waals surface area contributed by atoms with Crippen molar-refractivity contribution in [1.82, 2.24) is 20.7 Å². The Hall–Kier alpha value is -2.83. The number of carbonyl (C=O) groups is 1. The van der Waals surface area contributed by atoms with E-state index in [4.69, 9.17) is 4.52 Å². The van der Waals surface area contributed by atoms with Crippen molar-refractivity contribution in [2.45, 2.75) is 39.5 Å². The van der Waals surface area contributed by atoms with Gasteiger partial charge in [0.2, 0.25) is 5.91 Å². The van der Waals surface area contributed by atoms with Crippen LogP contribution in [0.5, 0.6) is 0 Å². The minimum absolute atomic E-state index is 0.250. The average Bonchev–Trinajstić information content (AvgIpc) is 3.28. The molecule has 1 fully saturated rings. The van der Waals surface area contributed by atoms with Gasteiger partial charge in [-0.2, -0.15) is 0 Å². The second-order valence-corrected chi connectivity index (χ2v) is 7.93. The van der Waals surface area contributed by atoms with Crippen molar-refractivity contribution in [1.29, 1.82) is 0 Å². The van der Waals surface area contributed by atoms with Gasteiger partial charge >= 0.3 is 0 Å². The van der Waals surface area contributed by atoms with Crippen LogP contribution in [0.3, 0.4) is 0 Å². The zero-order valence-corrected chi connectivity index (χ0v) is 18.3. The normalized spacial score (nSPS) is 16.9. The molecule has 7 heteroatoms. The van der Waals surface area contributed by atoms with Gasteiger partial charge in [0, 0.05) is 51.1 Å². The van der Waals surface area contributed by atoms with E-state index in [1.54, 1.807) is 7.05 Å². The minimum atomic E-state index is 0.250. The predicted octanol–water partition coefficient (Wildman–Crippen LogP) is 2.48. The Morgan fingerprint density at radius 3 is 2.73 bits per heavy atom. The van der Waals surface area contributed by atoms with Gasteiger partial charge in [0.05, 0.1) is 5.69 Å². The lowest BCUT2D eigenvalue weighted by Crippen LogP contribution is -2.40. The Morgan fingerprint density at radius 2 is 2.03 bits per heavy atom. The molecule has 3 rings (SSSR count). The molecule has 0 spiro atoms. The summed E-state index contributed by atoms with van der Waals surface area (Å²) < 4.78 is 5.21. The third kappa shape index (κ3) is 6.08. The lowest BCUT2D eigenvalue weighted by molar-refractivity contribution is -0.127. The van der Waals surface area contributed by atoms with Crippen molar-refractivity contribution < 1.29 is 9.32 Å². The Labute approximate surface area is 178 Å². The number of hydrogen-bond acceptors (Lipinski definition) is 4. The number of carbonyl (C=O) groups excluding carboxylic acids is 1. The predicted molar refractivity (Wildman–Crippen MR) is 118 cm³/mol. The van der Waals surface area contributed by atoms with E-state index in [0.717, 1.165) is 62.9 Å². The number of likely N-dealkylation sites (tertiary alicyclic amines) is 1. The number of benzene rings is 1. The first-order chi connectivity index (χ1) is 14.6. The van der Waals surface area contributed by atoms with E-state index in [-0.39, 0.29) is 5.91 Å². The van der Waals surface area contributed by atoms with Crippen molar-refractivity contribution >= 4 is 11.9 Å². The molecule has 1 atom stereocenters. The molecular weight excluding hydrogens is 378 g/mol. The molecule has 1 aromatic heterocycles. The Kier molecular flexibility index (Phi) is 7.88. The number of nitrogens with zero attached hydrogens (tertiary/aromatic N) is 3. The lowest BCUT2D eigenvalue weighted by atomic mass is 10.1. The standard InChI is InChI=1S/C23H33N5O2/c1-17-21(18(2)30-27-17)10-7-12-25-23(24-3)26-15-20-14-22(29)28(16-20)13-11-19-8-5-4-6-9-19/h4-6,8-9,20H,7,10-16H2,1-3H3,(H2,24,25,26). The summed E-state index contributed by atoms with van der Waals surface area (Å²) in [6.07, 6.45) is 3.41. The van der Waals surface area contributed by atoms with Gasteiger partial charge in [-0.1, -0.05) is 35.5 Å². The van der Waals surface area contributed by atoms with E-state index >= 15 is 0 Å².